The standard InChI is InChI=1S/C35H45F3N6O4S/c1-6-19(3)27(30(39)49)42-32(46)34(16-15-26-24(17-34)23-9-8-10-25(29(23)41-26)35(36,37)38)44-31(45)28(20(4)7-2)43-33(47)40-18-21-11-13-22(48-5)14-12-21/h8-14,19-20,27-28,41H,6-7,15-18H2,1-5H3,(H2,39,49)(H,42,46)(H,44,45)(H2,40,43,47)/t19?,20?,27-,28-,34+/m0/s1. The molecule has 1 aliphatic carbocycles. The van der Waals surface area contributed by atoms with Gasteiger partial charge in [0, 0.05) is 24.0 Å². The van der Waals surface area contributed by atoms with Crippen molar-refractivity contribution in [2.45, 2.75) is 90.1 Å². The van der Waals surface area contributed by atoms with E-state index >= 15 is 0 Å². The Kier molecular flexibility index (Phi) is 11.8. The molecule has 1 aliphatic rings. The molecule has 2 unspecified atom stereocenters. The molecule has 1 aromatic heterocycles. The zero-order chi connectivity index (χ0) is 36.1. The number of hydrogen-bond acceptors (Lipinski definition) is 5. The number of amides is 4. The first-order chi connectivity index (χ1) is 23.1. The summed E-state index contributed by atoms with van der Waals surface area (Å²) in [6.45, 7) is 7.69. The maximum Gasteiger partial charge on any atom is 0.418 e. The number of thiocarbonyl (C=S) groups is 1. The molecule has 0 fully saturated rings. The van der Waals surface area contributed by atoms with Gasteiger partial charge >= 0.3 is 12.2 Å². The third-order valence-corrected chi connectivity index (χ3v) is 9.87. The van der Waals surface area contributed by atoms with E-state index in [0.29, 0.717) is 35.2 Å². The lowest BCUT2D eigenvalue weighted by Crippen LogP contribution is -2.67. The SMILES string of the molecule is CCC(C)[C@H](NC(=O)NCc1ccc(OC)cc1)C(=O)N[C@]1(C(=O)N[C@H](C(N)=S)C(C)CC)CCc2[nH]c3c(C(F)(F)F)cccc3c2C1. The number of carbonyl (C=O) groups is 3. The number of alkyl halides is 3. The van der Waals surface area contributed by atoms with Crippen molar-refractivity contribution in [1.82, 2.24) is 26.3 Å². The molecule has 0 spiro atoms. The minimum Gasteiger partial charge on any atom is -0.497 e. The van der Waals surface area contributed by atoms with E-state index in [2.05, 4.69) is 26.3 Å². The van der Waals surface area contributed by atoms with Crippen molar-refractivity contribution in [3.05, 3.63) is 64.8 Å². The number of nitrogens with two attached hydrogens (primary N) is 1. The lowest BCUT2D eigenvalue weighted by molar-refractivity contribution is -0.136. The molecule has 49 heavy (non-hydrogen) atoms. The molecule has 0 saturated heterocycles. The van der Waals surface area contributed by atoms with Gasteiger partial charge in [-0.3, -0.25) is 9.59 Å². The van der Waals surface area contributed by atoms with Crippen LogP contribution in [0.25, 0.3) is 10.9 Å². The van der Waals surface area contributed by atoms with E-state index in [0.717, 1.165) is 11.6 Å². The summed E-state index contributed by atoms with van der Waals surface area (Å²) in [5.41, 5.74) is 5.44. The maximum absolute atomic E-state index is 14.3. The number of urea groups is 1. The number of para-hydroxylation sites is 1. The number of hydrogen-bond donors (Lipinski definition) is 6. The first kappa shape index (κ1) is 37.5. The lowest BCUT2D eigenvalue weighted by Gasteiger charge is -2.40. The van der Waals surface area contributed by atoms with Crippen molar-refractivity contribution in [3.8, 4) is 5.75 Å². The average molecular weight is 703 g/mol. The van der Waals surface area contributed by atoms with Crippen LogP contribution >= 0.6 is 12.2 Å². The topological polar surface area (TPSA) is 150 Å². The second-order valence-corrected chi connectivity index (χ2v) is 13.3. The molecule has 266 valence electrons. The predicted molar refractivity (Wildman–Crippen MR) is 186 cm³/mol. The summed E-state index contributed by atoms with van der Waals surface area (Å²) in [6.07, 6.45) is -3.25. The molecule has 4 rings (SSSR count). The fourth-order valence-electron chi connectivity index (χ4n) is 6.21. The number of aryl methyl sites for hydroxylation is 1. The van der Waals surface area contributed by atoms with E-state index in [1.165, 1.54) is 6.07 Å². The van der Waals surface area contributed by atoms with Crippen LogP contribution in [0.4, 0.5) is 18.0 Å². The van der Waals surface area contributed by atoms with E-state index in [1.54, 1.807) is 37.4 Å². The number of carbonyl (C=O) groups excluding carboxylic acids is 3. The summed E-state index contributed by atoms with van der Waals surface area (Å²) >= 11 is 5.28. The highest BCUT2D eigenvalue weighted by Crippen LogP contribution is 2.40. The number of fused-ring (bicyclic) bond motifs is 3. The van der Waals surface area contributed by atoms with E-state index in [-0.39, 0.29) is 48.1 Å². The molecule has 1 heterocycles. The number of aromatic amines is 1. The van der Waals surface area contributed by atoms with Gasteiger partial charge in [0.15, 0.2) is 0 Å². The Morgan fingerprint density at radius 2 is 1.67 bits per heavy atom. The molecular formula is C35H45F3N6O4S. The zero-order valence-corrected chi connectivity index (χ0v) is 29.2. The largest absolute Gasteiger partial charge is 0.497 e. The van der Waals surface area contributed by atoms with E-state index < -0.39 is 47.2 Å². The number of halogens is 3. The minimum atomic E-state index is -4.60. The predicted octanol–water partition coefficient (Wildman–Crippen LogP) is 5.27. The van der Waals surface area contributed by atoms with Gasteiger partial charge in [0.25, 0.3) is 0 Å². The second-order valence-electron chi connectivity index (χ2n) is 12.8. The third-order valence-electron chi connectivity index (χ3n) is 9.61. The molecule has 10 nitrogen and oxygen atoms in total. The number of aromatic nitrogens is 1. The Labute approximate surface area is 289 Å². The Morgan fingerprint density at radius 3 is 2.27 bits per heavy atom. The summed E-state index contributed by atoms with van der Waals surface area (Å²) in [7, 11) is 1.56. The molecule has 2 aromatic carbocycles. The molecule has 3 aromatic rings. The Bertz CT molecular complexity index is 1680. The zero-order valence-electron chi connectivity index (χ0n) is 28.3. The fourth-order valence-corrected chi connectivity index (χ4v) is 6.50. The summed E-state index contributed by atoms with van der Waals surface area (Å²) < 4.78 is 47.0. The van der Waals surface area contributed by atoms with Gasteiger partial charge in [-0.15, -0.1) is 0 Å². The van der Waals surface area contributed by atoms with E-state index in [9.17, 15) is 27.6 Å². The number of nitrogens with one attached hydrogen (secondary N) is 5. The van der Waals surface area contributed by atoms with Gasteiger partial charge in [-0.1, -0.05) is 77.0 Å². The molecule has 0 bridgehead atoms. The maximum atomic E-state index is 14.3. The van der Waals surface area contributed by atoms with Crippen molar-refractivity contribution in [2.24, 2.45) is 17.6 Å². The highest BCUT2D eigenvalue weighted by molar-refractivity contribution is 7.80. The van der Waals surface area contributed by atoms with Gasteiger partial charge < -0.3 is 36.7 Å². The van der Waals surface area contributed by atoms with Crippen LogP contribution < -0.4 is 31.7 Å². The van der Waals surface area contributed by atoms with Crippen LogP contribution in [0, 0.1) is 11.8 Å². The number of H-pyrrole nitrogens is 1. The normalized spacial score (nSPS) is 18.4. The van der Waals surface area contributed by atoms with Gasteiger partial charge in [0.05, 0.1) is 29.2 Å². The Hall–Kier alpha value is -4.33. The van der Waals surface area contributed by atoms with Gasteiger partial charge in [-0.2, -0.15) is 13.2 Å². The third kappa shape index (κ3) is 8.46. The van der Waals surface area contributed by atoms with Crippen LogP contribution in [0.1, 0.15) is 69.3 Å². The van der Waals surface area contributed by atoms with Gasteiger partial charge in [-0.25, -0.2) is 4.79 Å². The first-order valence-corrected chi connectivity index (χ1v) is 16.8. The highest BCUT2D eigenvalue weighted by Gasteiger charge is 2.47. The molecule has 4 amide bonds. The number of rotatable bonds is 13. The Balaban J connectivity index is 1.66. The smallest absolute Gasteiger partial charge is 0.418 e. The number of benzene rings is 2. The highest BCUT2D eigenvalue weighted by atomic mass is 32.1. The van der Waals surface area contributed by atoms with E-state index in [1.807, 2.05) is 27.7 Å². The number of methoxy groups -OCH3 is 1. The average Bonchev–Trinajstić information content (AvgIpc) is 3.45. The van der Waals surface area contributed by atoms with Gasteiger partial charge in [-0.05, 0) is 54.0 Å². The van der Waals surface area contributed by atoms with Crippen molar-refractivity contribution in [3.63, 3.8) is 0 Å². The van der Waals surface area contributed by atoms with Crippen LogP contribution in [0.5, 0.6) is 5.75 Å². The molecule has 5 atom stereocenters. The first-order valence-electron chi connectivity index (χ1n) is 16.4. The summed E-state index contributed by atoms with van der Waals surface area (Å²) in [6, 6.07) is 8.75. The van der Waals surface area contributed by atoms with Crippen LogP contribution in [-0.2, 0) is 35.2 Å². The number of ether oxygens (including phenoxy) is 1. The monoisotopic (exact) mass is 702 g/mol. The van der Waals surface area contributed by atoms with E-state index in [4.69, 9.17) is 22.7 Å². The van der Waals surface area contributed by atoms with Crippen LogP contribution in [0.15, 0.2) is 42.5 Å². The quantitative estimate of drug-likeness (QED) is 0.134. The van der Waals surface area contributed by atoms with Crippen molar-refractivity contribution < 1.29 is 32.3 Å². The van der Waals surface area contributed by atoms with Crippen LogP contribution in [0.3, 0.4) is 0 Å². The Morgan fingerprint density at radius 1 is 1.02 bits per heavy atom. The molecular weight excluding hydrogens is 657 g/mol. The van der Waals surface area contributed by atoms with Crippen molar-refractivity contribution in [2.75, 3.05) is 7.11 Å². The summed E-state index contributed by atoms with van der Waals surface area (Å²) in [5.74, 6) is -0.944. The molecule has 7 N–H and O–H groups in total. The van der Waals surface area contributed by atoms with Crippen molar-refractivity contribution >= 4 is 46.0 Å². The fraction of sp³-hybridized carbons (Fsp3) is 0.486. The lowest BCUT2D eigenvalue weighted by atomic mass is 9.78. The van der Waals surface area contributed by atoms with Gasteiger partial charge in [0.1, 0.15) is 17.3 Å². The summed E-state index contributed by atoms with van der Waals surface area (Å²) in [4.78, 5) is 44.6. The summed E-state index contributed by atoms with van der Waals surface area (Å²) in [5, 5.41) is 11.7. The van der Waals surface area contributed by atoms with Crippen LogP contribution in [-0.4, -0.2) is 52.6 Å². The molecule has 14 heteroatoms. The molecule has 0 saturated carbocycles. The van der Waals surface area contributed by atoms with Crippen LogP contribution in [0.2, 0.25) is 0 Å². The van der Waals surface area contributed by atoms with Crippen molar-refractivity contribution in [1.29, 1.82) is 0 Å². The molecule has 0 aliphatic heterocycles. The van der Waals surface area contributed by atoms with Gasteiger partial charge in [0.2, 0.25) is 11.8 Å². The minimum absolute atomic E-state index is 0.0733. The second kappa shape index (κ2) is 15.5. The molecule has 0 radical (unpaired) electrons.